The highest BCUT2D eigenvalue weighted by molar-refractivity contribution is 14.1. The summed E-state index contributed by atoms with van der Waals surface area (Å²) >= 11 is 7.75. The van der Waals surface area contributed by atoms with Crippen molar-refractivity contribution in [2.45, 2.75) is 57.5 Å². The number of hydrogen-bond acceptors (Lipinski definition) is 6. The van der Waals surface area contributed by atoms with Crippen LogP contribution < -0.4 is 9.47 Å². The van der Waals surface area contributed by atoms with E-state index in [9.17, 15) is 4.79 Å². The zero-order valence-corrected chi connectivity index (χ0v) is 27.7. The third-order valence-corrected chi connectivity index (χ3v) is 9.71. The van der Waals surface area contributed by atoms with Gasteiger partial charge in [0.15, 0.2) is 5.75 Å². The molecule has 2 heterocycles. The van der Waals surface area contributed by atoms with Crippen LogP contribution in [-0.2, 0) is 4.74 Å². The first kappa shape index (κ1) is 29.3. The second kappa shape index (κ2) is 11.9. The highest BCUT2D eigenvalue weighted by Gasteiger charge is 2.35. The molecule has 1 aromatic heterocycles. The molecule has 0 bridgehead atoms. The number of carbonyl (C=O) groups excluding carboxylic acids is 1. The van der Waals surface area contributed by atoms with Crippen molar-refractivity contribution in [2.24, 2.45) is 0 Å². The van der Waals surface area contributed by atoms with Gasteiger partial charge in [-0.25, -0.2) is 9.78 Å². The third-order valence-electron chi connectivity index (χ3n) is 6.53. The summed E-state index contributed by atoms with van der Waals surface area (Å²) < 4.78 is 20.6. The number of thioether (sulfide) groups is 1. The number of rotatable bonds is 7. The average molecular weight is 735 g/mol. The molecule has 1 atom stereocenters. The maximum absolute atomic E-state index is 12.4. The molecule has 210 valence electrons. The fraction of sp³-hybridized carbons (Fsp3) is 0.355. The molecule has 0 radical (unpaired) electrons. The van der Waals surface area contributed by atoms with Crippen molar-refractivity contribution in [1.82, 2.24) is 9.88 Å². The fourth-order valence-electron chi connectivity index (χ4n) is 4.66. The molecule has 1 fully saturated rings. The second-order valence-electron chi connectivity index (χ2n) is 10.7. The topological polar surface area (TPSA) is 60.9 Å². The first-order valence-corrected chi connectivity index (χ1v) is 16.1. The Hall–Kier alpha value is -2.24. The first-order valence-electron chi connectivity index (χ1n) is 13.3. The summed E-state index contributed by atoms with van der Waals surface area (Å²) in [6, 6.07) is 18.7. The first-order chi connectivity index (χ1) is 19.0. The zero-order valence-electron chi connectivity index (χ0n) is 23.2. The Morgan fingerprint density at radius 2 is 1.88 bits per heavy atom. The van der Waals surface area contributed by atoms with Crippen LogP contribution in [0.25, 0.3) is 21.7 Å². The van der Waals surface area contributed by atoms with Crippen molar-refractivity contribution in [3.8, 4) is 11.5 Å². The van der Waals surface area contributed by atoms with Gasteiger partial charge in [-0.2, -0.15) is 0 Å². The van der Waals surface area contributed by atoms with E-state index in [0.29, 0.717) is 18.8 Å². The van der Waals surface area contributed by atoms with E-state index in [4.69, 9.17) is 19.2 Å². The minimum Gasteiger partial charge on any atom is -0.486 e. The molecule has 1 amide bonds. The normalized spacial score (nSPS) is 14.7. The number of pyridine rings is 1. The number of amides is 1. The Labute approximate surface area is 261 Å². The van der Waals surface area contributed by atoms with Crippen molar-refractivity contribution in [3.05, 3.63) is 68.2 Å². The second-order valence-corrected chi connectivity index (χ2v) is 14.0. The van der Waals surface area contributed by atoms with Gasteiger partial charge in [0.2, 0.25) is 0 Å². The van der Waals surface area contributed by atoms with Gasteiger partial charge in [0.25, 0.3) is 0 Å². The van der Waals surface area contributed by atoms with Gasteiger partial charge in [-0.15, -0.1) is 11.8 Å². The van der Waals surface area contributed by atoms with Gasteiger partial charge in [0.05, 0.1) is 17.6 Å². The zero-order chi connectivity index (χ0) is 28.6. The number of fused-ring (bicyclic) bond motifs is 2. The number of hydrogen-bond donors (Lipinski definition) is 0. The van der Waals surface area contributed by atoms with Gasteiger partial charge in [0, 0.05) is 15.0 Å². The molecule has 0 unspecified atom stereocenters. The van der Waals surface area contributed by atoms with E-state index in [1.165, 1.54) is 10.8 Å². The van der Waals surface area contributed by atoms with E-state index in [1.807, 2.05) is 26.8 Å². The predicted octanol–water partition coefficient (Wildman–Crippen LogP) is 9.01. The number of carbonyl (C=O) groups is 1. The van der Waals surface area contributed by atoms with Crippen LogP contribution in [0.2, 0.25) is 0 Å². The summed E-state index contributed by atoms with van der Waals surface area (Å²) in [7, 11) is 0. The van der Waals surface area contributed by atoms with Gasteiger partial charge >= 0.3 is 6.09 Å². The molecular formula is C31H32BrIN2O4S. The smallest absolute Gasteiger partial charge is 0.410 e. The fourth-order valence-corrected chi connectivity index (χ4v) is 6.26. The Kier molecular flexibility index (Phi) is 8.73. The minimum atomic E-state index is -0.528. The Bertz CT molecular complexity index is 1560. The van der Waals surface area contributed by atoms with E-state index in [2.05, 4.69) is 101 Å². The van der Waals surface area contributed by atoms with Crippen LogP contribution in [0.3, 0.4) is 0 Å². The molecule has 0 saturated carbocycles. The maximum atomic E-state index is 12.4. The Balaban J connectivity index is 1.48. The maximum Gasteiger partial charge on any atom is 0.410 e. The molecule has 0 aliphatic carbocycles. The monoisotopic (exact) mass is 734 g/mol. The van der Waals surface area contributed by atoms with Crippen molar-refractivity contribution < 1.29 is 19.0 Å². The lowest BCUT2D eigenvalue weighted by Crippen LogP contribution is -2.57. The van der Waals surface area contributed by atoms with Crippen LogP contribution in [0.15, 0.2) is 64.1 Å². The van der Waals surface area contributed by atoms with E-state index in [-0.39, 0.29) is 18.3 Å². The molecule has 1 aliphatic heterocycles. The molecule has 6 nitrogen and oxygen atoms in total. The van der Waals surface area contributed by atoms with Gasteiger partial charge in [0.1, 0.15) is 34.1 Å². The van der Waals surface area contributed by atoms with Crippen LogP contribution in [0.5, 0.6) is 11.5 Å². The molecule has 5 rings (SSSR count). The summed E-state index contributed by atoms with van der Waals surface area (Å²) in [5.41, 5.74) is 1.33. The van der Waals surface area contributed by atoms with Crippen LogP contribution in [-0.4, -0.2) is 46.5 Å². The van der Waals surface area contributed by atoms with Crippen LogP contribution in [0.1, 0.15) is 46.3 Å². The highest BCUT2D eigenvalue weighted by atomic mass is 127. The molecule has 0 N–H and O–H groups in total. The van der Waals surface area contributed by atoms with Gasteiger partial charge < -0.3 is 19.1 Å². The van der Waals surface area contributed by atoms with Crippen LogP contribution in [0.4, 0.5) is 4.79 Å². The lowest BCUT2D eigenvalue weighted by molar-refractivity contribution is -0.0218. The molecule has 1 aliphatic rings. The van der Waals surface area contributed by atoms with Gasteiger partial charge in [-0.1, -0.05) is 49.4 Å². The van der Waals surface area contributed by atoms with Crippen molar-refractivity contribution >= 4 is 78.1 Å². The molecule has 1 saturated heterocycles. The third kappa shape index (κ3) is 6.31. The van der Waals surface area contributed by atoms with Gasteiger partial charge in [-0.05, 0) is 94.4 Å². The summed E-state index contributed by atoms with van der Waals surface area (Å²) in [6.07, 6.45) is -0.657. The van der Waals surface area contributed by atoms with E-state index < -0.39 is 5.60 Å². The van der Waals surface area contributed by atoms with Crippen LogP contribution >= 0.6 is 50.3 Å². The lowest BCUT2D eigenvalue weighted by atomic mass is 10.0. The molecule has 3 aromatic carbocycles. The number of ether oxygens (including phenoxy) is 3. The predicted molar refractivity (Wildman–Crippen MR) is 174 cm³/mol. The number of nitrogens with zero attached hydrogens (tertiary/aromatic N) is 2. The average Bonchev–Trinajstić information content (AvgIpc) is 2.87. The summed E-state index contributed by atoms with van der Waals surface area (Å²) in [5, 5.41) is 4.09. The Morgan fingerprint density at radius 3 is 2.60 bits per heavy atom. The molecule has 40 heavy (non-hydrogen) atoms. The largest absolute Gasteiger partial charge is 0.486 e. The summed E-state index contributed by atoms with van der Waals surface area (Å²) in [5.74, 6) is 2.31. The van der Waals surface area contributed by atoms with E-state index >= 15 is 0 Å². The van der Waals surface area contributed by atoms with E-state index in [1.54, 1.807) is 16.7 Å². The molecule has 0 spiro atoms. The number of aromatic nitrogens is 1. The van der Waals surface area contributed by atoms with Crippen molar-refractivity contribution in [3.63, 3.8) is 0 Å². The minimum absolute atomic E-state index is 0.127. The number of halogens is 2. The van der Waals surface area contributed by atoms with Crippen molar-refractivity contribution in [1.29, 1.82) is 0 Å². The summed E-state index contributed by atoms with van der Waals surface area (Å²) in [4.78, 5) is 19.1. The molecule has 9 heteroatoms. The summed E-state index contributed by atoms with van der Waals surface area (Å²) in [6.45, 7) is 10.7. The standard InChI is InChI=1S/C31H32BrIN2O4S/c1-6-40-26-15-25(38-20-16-35(17-20)30(36)39-31(3,4)5)23-14-24(33)27(32)29(28(23)34-26)37-18(2)21-13-9-11-19-10-7-8-12-22(19)21/h7-15,18,20H,6,16-17H2,1-5H3/t18-/m0/s1. The van der Waals surface area contributed by atoms with Crippen LogP contribution in [0, 0.1) is 3.57 Å². The number of likely N-dealkylation sites (tertiary alicyclic amines) is 1. The van der Waals surface area contributed by atoms with Gasteiger partial charge in [-0.3, -0.25) is 0 Å². The number of benzene rings is 3. The Morgan fingerprint density at radius 1 is 1.15 bits per heavy atom. The molecule has 4 aromatic rings. The van der Waals surface area contributed by atoms with Crippen molar-refractivity contribution in [2.75, 3.05) is 18.8 Å². The lowest BCUT2D eigenvalue weighted by Gasteiger charge is -2.39. The quantitative estimate of drug-likeness (QED) is 0.140. The SMILES string of the molecule is CCSc1cc(OC2CN(C(=O)OC(C)(C)C)C2)c2cc(I)c(Br)c(O[C@@H](C)c3cccc4ccccc34)c2n1. The highest BCUT2D eigenvalue weighted by Crippen LogP contribution is 2.44. The molecular weight excluding hydrogens is 703 g/mol. The van der Waals surface area contributed by atoms with E-state index in [0.717, 1.165) is 41.0 Å².